The van der Waals surface area contributed by atoms with E-state index >= 15 is 0 Å². The molecule has 1 aromatic rings. The number of rotatable bonds is 3. The van der Waals surface area contributed by atoms with Gasteiger partial charge in [-0.1, -0.05) is 0 Å². The molecule has 0 aliphatic heterocycles. The first-order valence-electron chi connectivity index (χ1n) is 5.91. The Labute approximate surface area is 107 Å². The van der Waals surface area contributed by atoms with Crippen molar-refractivity contribution in [1.29, 1.82) is 0 Å². The van der Waals surface area contributed by atoms with Crippen LogP contribution in [0.4, 0.5) is 0 Å². The van der Waals surface area contributed by atoms with Crippen molar-refractivity contribution in [3.8, 4) is 0 Å². The van der Waals surface area contributed by atoms with Crippen LogP contribution in [0.25, 0.3) is 0 Å². The third kappa shape index (κ3) is 3.19. The molecule has 1 fully saturated rings. The highest BCUT2D eigenvalue weighted by Gasteiger charge is 2.25. The summed E-state index contributed by atoms with van der Waals surface area (Å²) in [4.78, 5) is 13.3. The lowest BCUT2D eigenvalue weighted by Gasteiger charge is -2.22. The molecule has 2 rings (SSSR count). The highest BCUT2D eigenvalue weighted by Crippen LogP contribution is 2.40. The van der Waals surface area contributed by atoms with Crippen LogP contribution in [-0.2, 0) is 6.54 Å². The van der Waals surface area contributed by atoms with Crippen LogP contribution in [0.1, 0.15) is 29.5 Å². The lowest BCUT2D eigenvalue weighted by atomic mass is 10.3. The Bertz CT molecular complexity index is 394. The molecule has 0 unspecified atom stereocenters. The first-order valence-corrected chi connectivity index (χ1v) is 6.79. The smallest absolute Gasteiger partial charge is 0.195 e. The predicted octanol–water partition coefficient (Wildman–Crippen LogP) is 2.00. The maximum Gasteiger partial charge on any atom is 0.195 e. The van der Waals surface area contributed by atoms with Crippen LogP contribution in [-0.4, -0.2) is 48.9 Å². The average Bonchev–Trinajstić information content (AvgIpc) is 2.99. The van der Waals surface area contributed by atoms with Crippen LogP contribution in [0.15, 0.2) is 10.4 Å². The minimum absolute atomic E-state index is 0.684. The van der Waals surface area contributed by atoms with Crippen molar-refractivity contribution in [2.45, 2.75) is 25.3 Å². The summed E-state index contributed by atoms with van der Waals surface area (Å²) in [6.45, 7) is 0.684. The van der Waals surface area contributed by atoms with E-state index in [2.05, 4.69) is 15.4 Å². The minimum atomic E-state index is 0.684. The van der Waals surface area contributed by atoms with E-state index < -0.39 is 0 Å². The van der Waals surface area contributed by atoms with Crippen molar-refractivity contribution >= 4 is 17.3 Å². The summed E-state index contributed by atoms with van der Waals surface area (Å²) in [7, 11) is 8.04. The van der Waals surface area contributed by atoms with Crippen molar-refractivity contribution in [1.82, 2.24) is 14.8 Å². The molecular weight excluding hydrogens is 232 g/mol. The lowest BCUT2D eigenvalue weighted by Crippen LogP contribution is -2.35. The van der Waals surface area contributed by atoms with E-state index in [0.29, 0.717) is 6.54 Å². The van der Waals surface area contributed by atoms with E-state index in [1.165, 1.54) is 18.5 Å². The Kier molecular flexibility index (Phi) is 3.66. The molecule has 1 aliphatic carbocycles. The fraction of sp³-hybridized carbons (Fsp3) is 0.667. The topological polar surface area (TPSA) is 31.7 Å². The monoisotopic (exact) mass is 252 g/mol. The summed E-state index contributed by atoms with van der Waals surface area (Å²) in [6.07, 6.45) is 2.63. The largest absolute Gasteiger partial charge is 0.349 e. The van der Waals surface area contributed by atoms with Gasteiger partial charge in [0.1, 0.15) is 5.01 Å². The van der Waals surface area contributed by atoms with Gasteiger partial charge in [0, 0.05) is 39.5 Å². The van der Waals surface area contributed by atoms with Gasteiger partial charge < -0.3 is 9.80 Å². The number of thiazole rings is 1. The molecule has 4 nitrogen and oxygen atoms in total. The predicted molar refractivity (Wildman–Crippen MR) is 72.6 cm³/mol. The summed E-state index contributed by atoms with van der Waals surface area (Å²) < 4.78 is 0. The maximum absolute atomic E-state index is 4.64. The minimum Gasteiger partial charge on any atom is -0.349 e. The van der Waals surface area contributed by atoms with Crippen LogP contribution in [0.5, 0.6) is 0 Å². The fourth-order valence-electron chi connectivity index (χ4n) is 1.79. The number of hydrogen-bond donors (Lipinski definition) is 0. The van der Waals surface area contributed by atoms with E-state index in [1.54, 1.807) is 11.3 Å². The SMILES string of the molecule is CN(C)C(=NCc1nc(C2CC2)cs1)N(C)C. The van der Waals surface area contributed by atoms with Gasteiger partial charge in [-0.15, -0.1) is 11.3 Å². The van der Waals surface area contributed by atoms with Crippen LogP contribution >= 0.6 is 11.3 Å². The van der Waals surface area contributed by atoms with Crippen molar-refractivity contribution in [2.75, 3.05) is 28.2 Å². The zero-order chi connectivity index (χ0) is 12.4. The van der Waals surface area contributed by atoms with E-state index in [1.807, 2.05) is 38.0 Å². The molecule has 0 saturated heterocycles. The molecule has 17 heavy (non-hydrogen) atoms. The number of hydrogen-bond acceptors (Lipinski definition) is 3. The van der Waals surface area contributed by atoms with Gasteiger partial charge in [0.25, 0.3) is 0 Å². The van der Waals surface area contributed by atoms with Gasteiger partial charge >= 0.3 is 0 Å². The van der Waals surface area contributed by atoms with E-state index in [-0.39, 0.29) is 0 Å². The molecule has 1 aliphatic rings. The zero-order valence-electron chi connectivity index (χ0n) is 11.0. The number of nitrogens with zero attached hydrogens (tertiary/aromatic N) is 4. The Hall–Kier alpha value is -1.10. The van der Waals surface area contributed by atoms with Crippen LogP contribution in [0.2, 0.25) is 0 Å². The Morgan fingerprint density at radius 1 is 1.35 bits per heavy atom. The third-order valence-electron chi connectivity index (χ3n) is 2.72. The molecular formula is C12H20N4S. The van der Waals surface area contributed by atoms with Gasteiger partial charge in [-0.25, -0.2) is 9.98 Å². The highest BCUT2D eigenvalue weighted by molar-refractivity contribution is 7.09. The standard InChI is InChI=1S/C12H20N4S/c1-15(2)12(16(3)4)13-7-11-14-10(8-17-11)9-5-6-9/h8-9H,5-7H2,1-4H3. The van der Waals surface area contributed by atoms with Crippen molar-refractivity contribution < 1.29 is 0 Å². The summed E-state index contributed by atoms with van der Waals surface area (Å²) in [5.74, 6) is 1.72. The Balaban J connectivity index is 2.01. The molecule has 94 valence electrons. The molecule has 5 heteroatoms. The quantitative estimate of drug-likeness (QED) is 0.609. The molecule has 0 radical (unpaired) electrons. The molecule has 0 amide bonds. The molecule has 0 N–H and O–H groups in total. The lowest BCUT2D eigenvalue weighted by molar-refractivity contribution is 0.479. The number of aliphatic imine (C=N–C) groups is 1. The van der Waals surface area contributed by atoms with E-state index in [0.717, 1.165) is 16.9 Å². The Morgan fingerprint density at radius 3 is 2.53 bits per heavy atom. The molecule has 0 spiro atoms. The molecule has 1 saturated carbocycles. The Morgan fingerprint density at radius 2 is 2.00 bits per heavy atom. The van der Waals surface area contributed by atoms with E-state index in [9.17, 15) is 0 Å². The molecule has 1 heterocycles. The fourth-order valence-corrected chi connectivity index (χ4v) is 2.58. The second kappa shape index (κ2) is 5.04. The molecule has 0 bridgehead atoms. The van der Waals surface area contributed by atoms with Crippen LogP contribution in [0.3, 0.4) is 0 Å². The summed E-state index contributed by atoms with van der Waals surface area (Å²) in [6, 6.07) is 0. The third-order valence-corrected chi connectivity index (χ3v) is 3.57. The molecule has 0 aromatic carbocycles. The van der Waals surface area contributed by atoms with Crippen molar-refractivity contribution in [3.63, 3.8) is 0 Å². The maximum atomic E-state index is 4.64. The van der Waals surface area contributed by atoms with Crippen LogP contribution in [0, 0.1) is 0 Å². The van der Waals surface area contributed by atoms with Gasteiger partial charge in [-0.2, -0.15) is 0 Å². The summed E-state index contributed by atoms with van der Waals surface area (Å²) in [5.41, 5.74) is 1.27. The van der Waals surface area contributed by atoms with Crippen LogP contribution < -0.4 is 0 Å². The van der Waals surface area contributed by atoms with E-state index in [4.69, 9.17) is 0 Å². The van der Waals surface area contributed by atoms with Gasteiger partial charge in [-0.05, 0) is 12.8 Å². The highest BCUT2D eigenvalue weighted by atomic mass is 32.1. The molecule has 0 atom stereocenters. The van der Waals surface area contributed by atoms with Crippen molar-refractivity contribution in [3.05, 3.63) is 16.1 Å². The van der Waals surface area contributed by atoms with Gasteiger partial charge in [0.05, 0.1) is 12.2 Å². The van der Waals surface area contributed by atoms with Crippen molar-refractivity contribution in [2.24, 2.45) is 4.99 Å². The second-order valence-corrected chi connectivity index (χ2v) is 5.79. The number of aromatic nitrogens is 1. The first kappa shape index (κ1) is 12.4. The summed E-state index contributed by atoms with van der Waals surface area (Å²) >= 11 is 1.73. The van der Waals surface area contributed by atoms with Gasteiger partial charge in [0.2, 0.25) is 0 Å². The van der Waals surface area contributed by atoms with Gasteiger partial charge in [0.15, 0.2) is 5.96 Å². The average molecular weight is 252 g/mol. The molecule has 1 aromatic heterocycles. The summed E-state index contributed by atoms with van der Waals surface area (Å²) in [5, 5.41) is 3.31. The normalized spacial score (nSPS) is 14.6. The zero-order valence-corrected chi connectivity index (χ0v) is 11.8. The number of guanidine groups is 1. The van der Waals surface area contributed by atoms with Gasteiger partial charge in [-0.3, -0.25) is 0 Å². The second-order valence-electron chi connectivity index (χ2n) is 4.85. The first-order chi connectivity index (χ1) is 8.08.